The number of benzene rings is 2. The summed E-state index contributed by atoms with van der Waals surface area (Å²) in [5.74, 6) is 2.23. The molecule has 30 heavy (non-hydrogen) atoms. The molecule has 0 fully saturated rings. The standard InChI is InChI=1S/C23H25FN4O2/c1-3-25-23(27-14-17-4-9-20(29-2)10-5-17)28-16-18-6-13-22(26-15-18)30-21-11-7-19(24)8-12-21/h4-13,15H,3,14,16H2,1-2H3,(H2,25,27,28). The Kier molecular flexibility index (Phi) is 7.60. The minimum absolute atomic E-state index is 0.305. The second-order valence-electron chi connectivity index (χ2n) is 6.46. The van der Waals surface area contributed by atoms with Crippen molar-refractivity contribution in [2.75, 3.05) is 13.7 Å². The van der Waals surface area contributed by atoms with Gasteiger partial charge in [-0.1, -0.05) is 18.2 Å². The molecule has 3 rings (SSSR count). The van der Waals surface area contributed by atoms with Crippen molar-refractivity contribution < 1.29 is 13.9 Å². The van der Waals surface area contributed by atoms with Gasteiger partial charge in [0.2, 0.25) is 5.88 Å². The maximum absolute atomic E-state index is 13.0. The van der Waals surface area contributed by atoms with E-state index in [0.717, 1.165) is 29.4 Å². The molecule has 3 aromatic rings. The van der Waals surface area contributed by atoms with Crippen molar-refractivity contribution in [3.63, 3.8) is 0 Å². The van der Waals surface area contributed by atoms with Crippen LogP contribution in [0.1, 0.15) is 18.1 Å². The van der Waals surface area contributed by atoms with Crippen molar-refractivity contribution in [3.8, 4) is 17.4 Å². The Bertz CT molecular complexity index is 942. The molecule has 0 radical (unpaired) electrons. The number of pyridine rings is 1. The fourth-order valence-corrected chi connectivity index (χ4v) is 2.63. The second-order valence-corrected chi connectivity index (χ2v) is 6.46. The van der Waals surface area contributed by atoms with Crippen LogP contribution in [-0.2, 0) is 13.1 Å². The van der Waals surface area contributed by atoms with Gasteiger partial charge in [0, 0.05) is 25.4 Å². The lowest BCUT2D eigenvalue weighted by Gasteiger charge is -2.12. The van der Waals surface area contributed by atoms with Gasteiger partial charge in [0.25, 0.3) is 0 Å². The largest absolute Gasteiger partial charge is 0.497 e. The molecular formula is C23H25FN4O2. The molecule has 0 aliphatic carbocycles. The number of aromatic nitrogens is 1. The molecule has 2 aromatic carbocycles. The van der Waals surface area contributed by atoms with E-state index < -0.39 is 0 Å². The smallest absolute Gasteiger partial charge is 0.219 e. The molecule has 0 saturated carbocycles. The van der Waals surface area contributed by atoms with Crippen molar-refractivity contribution >= 4 is 5.96 Å². The second kappa shape index (κ2) is 10.8. The van der Waals surface area contributed by atoms with Gasteiger partial charge < -0.3 is 20.1 Å². The lowest BCUT2D eigenvalue weighted by molar-refractivity contribution is 0.414. The average Bonchev–Trinajstić information content (AvgIpc) is 2.78. The number of hydrogen-bond acceptors (Lipinski definition) is 4. The monoisotopic (exact) mass is 408 g/mol. The molecule has 7 heteroatoms. The van der Waals surface area contributed by atoms with Crippen LogP contribution < -0.4 is 20.1 Å². The predicted molar refractivity (Wildman–Crippen MR) is 115 cm³/mol. The summed E-state index contributed by atoms with van der Waals surface area (Å²) in [6.45, 7) is 3.91. The first-order chi connectivity index (χ1) is 14.7. The van der Waals surface area contributed by atoms with Crippen LogP contribution in [0.3, 0.4) is 0 Å². The Morgan fingerprint density at radius 3 is 2.27 bits per heavy atom. The Labute approximate surface area is 175 Å². The number of rotatable bonds is 8. The van der Waals surface area contributed by atoms with E-state index in [1.165, 1.54) is 12.1 Å². The molecule has 0 spiro atoms. The zero-order chi connectivity index (χ0) is 21.2. The van der Waals surface area contributed by atoms with Gasteiger partial charge in [0.15, 0.2) is 5.96 Å². The van der Waals surface area contributed by atoms with Crippen LogP contribution in [0.4, 0.5) is 4.39 Å². The molecule has 1 aromatic heterocycles. The Morgan fingerprint density at radius 1 is 0.933 bits per heavy atom. The van der Waals surface area contributed by atoms with Crippen LogP contribution in [0.15, 0.2) is 71.9 Å². The van der Waals surface area contributed by atoms with Crippen LogP contribution in [0.2, 0.25) is 0 Å². The highest BCUT2D eigenvalue weighted by molar-refractivity contribution is 5.79. The third kappa shape index (κ3) is 6.48. The van der Waals surface area contributed by atoms with Gasteiger partial charge in [-0.05, 0) is 54.4 Å². The third-order valence-electron chi connectivity index (χ3n) is 4.22. The highest BCUT2D eigenvalue weighted by Crippen LogP contribution is 2.19. The number of aliphatic imine (C=N–C) groups is 1. The molecule has 0 unspecified atom stereocenters. The van der Waals surface area contributed by atoms with Gasteiger partial charge in [-0.15, -0.1) is 0 Å². The topological polar surface area (TPSA) is 67.8 Å². The average molecular weight is 408 g/mol. The number of guanidine groups is 1. The molecule has 0 aliphatic rings. The van der Waals surface area contributed by atoms with E-state index in [1.807, 2.05) is 37.3 Å². The van der Waals surface area contributed by atoms with Gasteiger partial charge in [-0.3, -0.25) is 0 Å². The molecule has 0 saturated heterocycles. The SMILES string of the molecule is CCNC(=NCc1ccc(Oc2ccc(F)cc2)nc1)NCc1ccc(OC)cc1. The maximum atomic E-state index is 13.0. The van der Waals surface area contributed by atoms with Crippen LogP contribution in [0.25, 0.3) is 0 Å². The van der Waals surface area contributed by atoms with Crippen molar-refractivity contribution in [1.82, 2.24) is 15.6 Å². The number of hydrogen-bond donors (Lipinski definition) is 2. The lowest BCUT2D eigenvalue weighted by Crippen LogP contribution is -2.36. The van der Waals surface area contributed by atoms with Crippen molar-refractivity contribution in [3.05, 3.63) is 83.8 Å². The molecular weight excluding hydrogens is 383 g/mol. The normalized spacial score (nSPS) is 11.1. The molecule has 0 amide bonds. The molecule has 0 bridgehead atoms. The van der Waals surface area contributed by atoms with E-state index in [0.29, 0.717) is 24.7 Å². The van der Waals surface area contributed by atoms with Gasteiger partial charge in [0.1, 0.15) is 17.3 Å². The van der Waals surface area contributed by atoms with Crippen molar-refractivity contribution in [2.45, 2.75) is 20.0 Å². The highest BCUT2D eigenvalue weighted by Gasteiger charge is 2.02. The van der Waals surface area contributed by atoms with Crippen molar-refractivity contribution in [1.29, 1.82) is 0 Å². The number of methoxy groups -OCH3 is 1. The summed E-state index contributed by atoms with van der Waals surface area (Å²) in [5, 5.41) is 6.55. The summed E-state index contributed by atoms with van der Waals surface area (Å²) in [6, 6.07) is 17.4. The van der Waals surface area contributed by atoms with E-state index >= 15 is 0 Å². The minimum Gasteiger partial charge on any atom is -0.497 e. The number of nitrogens with one attached hydrogen (secondary N) is 2. The highest BCUT2D eigenvalue weighted by atomic mass is 19.1. The Morgan fingerprint density at radius 2 is 1.63 bits per heavy atom. The molecule has 0 aliphatic heterocycles. The number of ether oxygens (including phenoxy) is 2. The molecule has 2 N–H and O–H groups in total. The van der Waals surface area contributed by atoms with E-state index in [1.54, 1.807) is 31.5 Å². The first-order valence-corrected chi connectivity index (χ1v) is 9.69. The first kappa shape index (κ1) is 21.1. The summed E-state index contributed by atoms with van der Waals surface area (Å²) >= 11 is 0. The van der Waals surface area contributed by atoms with Crippen LogP contribution in [0, 0.1) is 5.82 Å². The van der Waals surface area contributed by atoms with Crippen LogP contribution in [-0.4, -0.2) is 24.6 Å². The lowest BCUT2D eigenvalue weighted by atomic mass is 10.2. The summed E-state index contributed by atoms with van der Waals surface area (Å²) in [5.41, 5.74) is 2.08. The van der Waals surface area contributed by atoms with Gasteiger partial charge >= 0.3 is 0 Å². The molecule has 156 valence electrons. The van der Waals surface area contributed by atoms with Gasteiger partial charge in [0.05, 0.1) is 13.7 Å². The molecule has 1 heterocycles. The maximum Gasteiger partial charge on any atom is 0.219 e. The number of nitrogens with zero attached hydrogens (tertiary/aromatic N) is 2. The fraction of sp³-hybridized carbons (Fsp3) is 0.217. The summed E-state index contributed by atoms with van der Waals surface area (Å²) in [4.78, 5) is 8.90. The molecule has 6 nitrogen and oxygen atoms in total. The minimum atomic E-state index is -0.305. The third-order valence-corrected chi connectivity index (χ3v) is 4.22. The number of halogens is 1. The van der Waals surface area contributed by atoms with E-state index in [4.69, 9.17) is 9.47 Å². The zero-order valence-electron chi connectivity index (χ0n) is 17.1. The quantitative estimate of drug-likeness (QED) is 0.430. The van der Waals surface area contributed by atoms with E-state index in [2.05, 4.69) is 20.6 Å². The zero-order valence-corrected chi connectivity index (χ0v) is 17.1. The first-order valence-electron chi connectivity index (χ1n) is 9.69. The fourth-order valence-electron chi connectivity index (χ4n) is 2.63. The Balaban J connectivity index is 1.56. The Hall–Kier alpha value is -3.61. The van der Waals surface area contributed by atoms with Crippen LogP contribution >= 0.6 is 0 Å². The molecule has 0 atom stereocenters. The van der Waals surface area contributed by atoms with Crippen molar-refractivity contribution in [2.24, 2.45) is 4.99 Å². The van der Waals surface area contributed by atoms with Crippen LogP contribution in [0.5, 0.6) is 17.4 Å². The van der Waals surface area contributed by atoms with Gasteiger partial charge in [-0.25, -0.2) is 14.4 Å². The summed E-state index contributed by atoms with van der Waals surface area (Å²) in [7, 11) is 1.65. The summed E-state index contributed by atoms with van der Waals surface area (Å²) in [6.07, 6.45) is 1.72. The predicted octanol–water partition coefficient (Wildman–Crippen LogP) is 4.28. The summed E-state index contributed by atoms with van der Waals surface area (Å²) < 4.78 is 23.8. The van der Waals surface area contributed by atoms with E-state index in [9.17, 15) is 4.39 Å². The van der Waals surface area contributed by atoms with E-state index in [-0.39, 0.29) is 5.82 Å². The van der Waals surface area contributed by atoms with Gasteiger partial charge in [-0.2, -0.15) is 0 Å².